The normalized spacial score (nSPS) is 10.8. The third kappa shape index (κ3) is 2.91. The summed E-state index contributed by atoms with van der Waals surface area (Å²) < 4.78 is 5.38. The number of hydrogen-bond acceptors (Lipinski definition) is 6. The number of hydrogen-bond donors (Lipinski definition) is 1. The summed E-state index contributed by atoms with van der Waals surface area (Å²) in [7, 11) is 1.69. The second-order valence-electron chi connectivity index (χ2n) is 4.58. The Balaban J connectivity index is 1.87. The highest BCUT2D eigenvalue weighted by atomic mass is 32.1. The molecule has 0 radical (unpaired) electrons. The molecule has 4 nitrogen and oxygen atoms in total. The lowest BCUT2D eigenvalue weighted by Gasteiger charge is -2.05. The van der Waals surface area contributed by atoms with Crippen molar-refractivity contribution in [2.75, 3.05) is 12.8 Å². The van der Waals surface area contributed by atoms with Crippen LogP contribution in [0.5, 0.6) is 5.75 Å². The van der Waals surface area contributed by atoms with Crippen LogP contribution in [0.25, 0.3) is 10.6 Å². The second-order valence-corrected chi connectivity index (χ2v) is 6.56. The van der Waals surface area contributed by atoms with Crippen LogP contribution in [0.1, 0.15) is 16.3 Å². The van der Waals surface area contributed by atoms with Gasteiger partial charge in [-0.1, -0.05) is 29.5 Å². The van der Waals surface area contributed by atoms with E-state index in [2.05, 4.69) is 16.4 Å². The molecule has 108 valence electrons. The number of aromatic nitrogens is 2. The molecule has 0 amide bonds. The first-order valence-corrected chi connectivity index (χ1v) is 8.16. The van der Waals surface area contributed by atoms with Gasteiger partial charge in [-0.3, -0.25) is 0 Å². The molecule has 0 atom stereocenters. The molecule has 6 heteroatoms. The first-order chi connectivity index (χ1) is 10.2. The molecule has 0 aliphatic rings. The summed E-state index contributed by atoms with van der Waals surface area (Å²) in [5.74, 6) is 0.896. The van der Waals surface area contributed by atoms with Crippen molar-refractivity contribution in [1.29, 1.82) is 0 Å². The van der Waals surface area contributed by atoms with Crippen molar-refractivity contribution in [2.24, 2.45) is 0 Å². The zero-order valence-electron chi connectivity index (χ0n) is 11.8. The summed E-state index contributed by atoms with van der Waals surface area (Å²) in [6.45, 7) is 1.96. The van der Waals surface area contributed by atoms with Gasteiger partial charge in [-0.25, -0.2) is 9.97 Å². The first kappa shape index (κ1) is 14.0. The van der Waals surface area contributed by atoms with Crippen molar-refractivity contribution in [3.63, 3.8) is 0 Å². The molecule has 0 spiro atoms. The fraction of sp³-hybridized carbons (Fsp3) is 0.200. The highest BCUT2D eigenvalue weighted by Gasteiger charge is 2.13. The summed E-state index contributed by atoms with van der Waals surface area (Å²) in [5.41, 5.74) is 8.78. The summed E-state index contributed by atoms with van der Waals surface area (Å²) in [4.78, 5) is 10.0. The predicted molar refractivity (Wildman–Crippen MR) is 88.2 cm³/mol. The van der Waals surface area contributed by atoms with Crippen molar-refractivity contribution in [1.82, 2.24) is 9.97 Å². The van der Waals surface area contributed by atoms with Gasteiger partial charge in [0.2, 0.25) is 0 Å². The van der Waals surface area contributed by atoms with Crippen molar-refractivity contribution < 1.29 is 4.74 Å². The number of nitrogens with zero attached hydrogens (tertiary/aromatic N) is 2. The Kier molecular flexibility index (Phi) is 3.90. The van der Waals surface area contributed by atoms with Gasteiger partial charge in [0.1, 0.15) is 5.75 Å². The molecule has 0 unspecified atom stereocenters. The Morgan fingerprint density at radius 2 is 2.05 bits per heavy atom. The standard InChI is InChI=1S/C15H15N3OS2/c1-9-14(21-15(16)17-9)11-8-20-13(18-11)7-10-5-3-4-6-12(10)19-2/h3-6,8H,7H2,1-2H3,(H2,16,17). The van der Waals surface area contributed by atoms with Crippen LogP contribution in [0, 0.1) is 6.92 Å². The van der Waals surface area contributed by atoms with Crippen LogP contribution in [-0.4, -0.2) is 17.1 Å². The van der Waals surface area contributed by atoms with E-state index in [1.54, 1.807) is 18.4 Å². The van der Waals surface area contributed by atoms with Crippen LogP contribution >= 0.6 is 22.7 Å². The molecule has 0 bridgehead atoms. The first-order valence-electron chi connectivity index (χ1n) is 6.47. The van der Waals surface area contributed by atoms with Gasteiger partial charge in [-0.05, 0) is 13.0 Å². The average Bonchev–Trinajstić information content (AvgIpc) is 3.06. The molecule has 0 fully saturated rings. The number of aryl methyl sites for hydroxylation is 1. The van der Waals surface area contributed by atoms with Gasteiger partial charge >= 0.3 is 0 Å². The molecule has 1 aromatic carbocycles. The van der Waals surface area contributed by atoms with Crippen molar-refractivity contribution in [2.45, 2.75) is 13.3 Å². The van der Waals surface area contributed by atoms with E-state index in [1.807, 2.05) is 25.1 Å². The minimum absolute atomic E-state index is 0.585. The van der Waals surface area contributed by atoms with Crippen LogP contribution < -0.4 is 10.5 Å². The zero-order chi connectivity index (χ0) is 14.8. The minimum Gasteiger partial charge on any atom is -0.496 e. The van der Waals surface area contributed by atoms with Gasteiger partial charge in [0.05, 0.1) is 28.4 Å². The number of thiazole rings is 2. The van der Waals surface area contributed by atoms with Crippen molar-refractivity contribution in [3.8, 4) is 16.3 Å². The van der Waals surface area contributed by atoms with Crippen molar-refractivity contribution in [3.05, 3.63) is 45.9 Å². The van der Waals surface area contributed by atoms with Gasteiger partial charge in [0.15, 0.2) is 5.13 Å². The highest BCUT2D eigenvalue weighted by molar-refractivity contribution is 7.19. The van der Waals surface area contributed by atoms with E-state index in [4.69, 9.17) is 15.5 Å². The van der Waals surface area contributed by atoms with E-state index >= 15 is 0 Å². The molecule has 2 aromatic heterocycles. The van der Waals surface area contributed by atoms with Crippen LogP contribution in [-0.2, 0) is 6.42 Å². The smallest absolute Gasteiger partial charge is 0.180 e. The third-order valence-corrected chi connectivity index (χ3v) is 4.99. The van der Waals surface area contributed by atoms with Gasteiger partial charge < -0.3 is 10.5 Å². The molecule has 2 heterocycles. The molecule has 0 saturated carbocycles. The lowest BCUT2D eigenvalue weighted by molar-refractivity contribution is 0.410. The second kappa shape index (κ2) is 5.83. The van der Waals surface area contributed by atoms with E-state index in [-0.39, 0.29) is 0 Å². The summed E-state index contributed by atoms with van der Waals surface area (Å²) in [6.07, 6.45) is 0.766. The largest absolute Gasteiger partial charge is 0.496 e. The topological polar surface area (TPSA) is 61.0 Å². The maximum Gasteiger partial charge on any atom is 0.180 e. The third-order valence-electron chi connectivity index (χ3n) is 3.13. The molecule has 0 saturated heterocycles. The molecule has 3 rings (SSSR count). The van der Waals surface area contributed by atoms with Crippen molar-refractivity contribution >= 4 is 27.8 Å². The number of anilines is 1. The van der Waals surface area contributed by atoms with E-state index in [1.165, 1.54) is 11.3 Å². The number of benzene rings is 1. The Morgan fingerprint density at radius 1 is 1.24 bits per heavy atom. The molecule has 0 aliphatic carbocycles. The number of para-hydroxylation sites is 1. The minimum atomic E-state index is 0.585. The van der Waals surface area contributed by atoms with Gasteiger partial charge in [-0.15, -0.1) is 11.3 Å². The molecule has 21 heavy (non-hydrogen) atoms. The summed E-state index contributed by atoms with van der Waals surface area (Å²) >= 11 is 3.13. The SMILES string of the molecule is COc1ccccc1Cc1nc(-c2sc(N)nc2C)cs1. The van der Waals surface area contributed by atoms with Crippen LogP contribution in [0.4, 0.5) is 5.13 Å². The molecule has 0 aliphatic heterocycles. The Morgan fingerprint density at radius 3 is 2.76 bits per heavy atom. The molecular weight excluding hydrogens is 302 g/mol. The Hall–Kier alpha value is -1.92. The fourth-order valence-corrected chi connectivity index (χ4v) is 3.84. The number of ether oxygens (including phenoxy) is 1. The van der Waals surface area contributed by atoms with E-state index in [0.29, 0.717) is 5.13 Å². The van der Waals surface area contributed by atoms with E-state index in [9.17, 15) is 0 Å². The Bertz CT molecular complexity index is 764. The zero-order valence-corrected chi connectivity index (χ0v) is 13.4. The van der Waals surface area contributed by atoms with E-state index < -0.39 is 0 Å². The Labute approximate surface area is 131 Å². The lowest BCUT2D eigenvalue weighted by atomic mass is 10.1. The van der Waals surface area contributed by atoms with Crippen LogP contribution in [0.2, 0.25) is 0 Å². The predicted octanol–water partition coefficient (Wildman–Crippen LogP) is 3.76. The lowest BCUT2D eigenvalue weighted by Crippen LogP contribution is -1.93. The number of methoxy groups -OCH3 is 1. The van der Waals surface area contributed by atoms with Crippen LogP contribution in [0.15, 0.2) is 29.6 Å². The highest BCUT2D eigenvalue weighted by Crippen LogP contribution is 2.33. The van der Waals surface area contributed by atoms with Gasteiger partial charge in [0, 0.05) is 17.4 Å². The molecular formula is C15H15N3OS2. The summed E-state index contributed by atoms with van der Waals surface area (Å²) in [5, 5.41) is 3.70. The van der Waals surface area contributed by atoms with E-state index in [0.717, 1.165) is 39.0 Å². The van der Waals surface area contributed by atoms with Crippen LogP contribution in [0.3, 0.4) is 0 Å². The van der Waals surface area contributed by atoms with Gasteiger partial charge in [-0.2, -0.15) is 0 Å². The number of nitrogens with two attached hydrogens (primary N) is 1. The summed E-state index contributed by atoms with van der Waals surface area (Å²) in [6, 6.07) is 8.02. The van der Waals surface area contributed by atoms with Gasteiger partial charge in [0.25, 0.3) is 0 Å². The fourth-order valence-electron chi connectivity index (χ4n) is 2.16. The maximum absolute atomic E-state index is 5.75. The monoisotopic (exact) mass is 317 g/mol. The maximum atomic E-state index is 5.75. The average molecular weight is 317 g/mol. The number of rotatable bonds is 4. The molecule has 2 N–H and O–H groups in total. The number of nitrogen functional groups attached to an aromatic ring is 1. The molecule has 3 aromatic rings. The quantitative estimate of drug-likeness (QED) is 0.796.